The summed E-state index contributed by atoms with van der Waals surface area (Å²) in [4.78, 5) is 0. The van der Waals surface area contributed by atoms with E-state index in [0.29, 0.717) is 5.92 Å². The molecule has 0 radical (unpaired) electrons. The van der Waals surface area contributed by atoms with Gasteiger partial charge < -0.3 is 10.1 Å². The average molecular weight is 344 g/mol. The van der Waals surface area contributed by atoms with E-state index in [4.69, 9.17) is 16.3 Å². The van der Waals surface area contributed by atoms with Gasteiger partial charge in [-0.3, -0.25) is 0 Å². The van der Waals surface area contributed by atoms with Gasteiger partial charge in [-0.2, -0.15) is 0 Å². The van der Waals surface area contributed by atoms with Crippen LogP contribution in [0.3, 0.4) is 0 Å². The highest BCUT2D eigenvalue weighted by Crippen LogP contribution is 2.33. The quantitative estimate of drug-likeness (QED) is 0.799. The molecule has 2 aromatic rings. The molecule has 0 bridgehead atoms. The molecule has 0 unspecified atom stereocenters. The largest absolute Gasteiger partial charge is 0.381 e. The summed E-state index contributed by atoms with van der Waals surface area (Å²) in [5, 5.41) is 4.60. The Hall–Kier alpha value is -1.35. The Kier molecular flexibility index (Phi) is 5.60. The number of ether oxygens (including phenoxy) is 1. The summed E-state index contributed by atoms with van der Waals surface area (Å²) in [5.74, 6) is 0.572. The molecule has 0 saturated carbocycles. The molecule has 3 rings (SSSR count). The molecule has 1 aliphatic heterocycles. The number of nitrogens with one attached hydrogen (secondary N) is 1. The van der Waals surface area contributed by atoms with Crippen molar-refractivity contribution in [2.75, 3.05) is 13.2 Å². The first-order chi connectivity index (χ1) is 11.6. The van der Waals surface area contributed by atoms with Crippen LogP contribution in [-0.2, 0) is 16.8 Å². The summed E-state index contributed by atoms with van der Waals surface area (Å²) in [5.41, 5.74) is 3.98. The lowest BCUT2D eigenvalue weighted by molar-refractivity contribution is 0.0358. The highest BCUT2D eigenvalue weighted by Gasteiger charge is 2.33. The van der Waals surface area contributed by atoms with Crippen molar-refractivity contribution in [1.82, 2.24) is 5.32 Å². The van der Waals surface area contributed by atoms with Crippen LogP contribution in [0.25, 0.3) is 0 Å². The summed E-state index contributed by atoms with van der Waals surface area (Å²) in [6.07, 6.45) is 1.97. The van der Waals surface area contributed by atoms with E-state index in [1.807, 2.05) is 12.1 Å². The Morgan fingerprint density at radius 1 is 1.00 bits per heavy atom. The first-order valence-corrected chi connectivity index (χ1v) is 9.14. The zero-order valence-corrected chi connectivity index (χ0v) is 15.3. The average Bonchev–Trinajstić information content (AvgIpc) is 2.62. The second-order valence-corrected chi connectivity index (χ2v) is 7.39. The monoisotopic (exact) mass is 343 g/mol. The standard InChI is InChI=1S/C21H26ClNO/c1-16(2)18-5-3-17(4-6-18)15-23-21(11-13-24-14-12-21)19-7-9-20(22)10-8-19/h3-10,16,23H,11-15H2,1-2H3. The van der Waals surface area contributed by atoms with E-state index in [1.54, 1.807) is 0 Å². The van der Waals surface area contributed by atoms with Gasteiger partial charge >= 0.3 is 0 Å². The zero-order chi connectivity index (χ0) is 17.0. The van der Waals surface area contributed by atoms with Gasteiger partial charge in [0.2, 0.25) is 0 Å². The van der Waals surface area contributed by atoms with Gasteiger partial charge in [0.15, 0.2) is 0 Å². The first kappa shape index (κ1) is 17.5. The predicted octanol–water partition coefficient (Wildman–Crippen LogP) is 5.26. The molecule has 1 aliphatic rings. The fourth-order valence-corrected chi connectivity index (χ4v) is 3.47. The molecule has 2 aromatic carbocycles. The van der Waals surface area contributed by atoms with Crippen LogP contribution in [0.5, 0.6) is 0 Å². The van der Waals surface area contributed by atoms with Crippen LogP contribution < -0.4 is 5.32 Å². The van der Waals surface area contributed by atoms with Crippen molar-refractivity contribution in [3.05, 3.63) is 70.2 Å². The number of hydrogen-bond acceptors (Lipinski definition) is 2. The van der Waals surface area contributed by atoms with Gasteiger partial charge in [-0.1, -0.05) is 61.8 Å². The van der Waals surface area contributed by atoms with Crippen LogP contribution in [-0.4, -0.2) is 13.2 Å². The lowest BCUT2D eigenvalue weighted by Crippen LogP contribution is -2.46. The molecule has 1 heterocycles. The van der Waals surface area contributed by atoms with Crippen molar-refractivity contribution in [2.24, 2.45) is 0 Å². The highest BCUT2D eigenvalue weighted by atomic mass is 35.5. The van der Waals surface area contributed by atoms with Crippen LogP contribution >= 0.6 is 11.6 Å². The second-order valence-electron chi connectivity index (χ2n) is 6.95. The van der Waals surface area contributed by atoms with Crippen molar-refractivity contribution in [3.63, 3.8) is 0 Å². The van der Waals surface area contributed by atoms with Gasteiger partial charge in [0, 0.05) is 30.3 Å². The molecule has 0 amide bonds. The van der Waals surface area contributed by atoms with Crippen molar-refractivity contribution >= 4 is 11.6 Å². The minimum atomic E-state index is -0.0282. The van der Waals surface area contributed by atoms with Gasteiger partial charge in [-0.05, 0) is 47.6 Å². The van der Waals surface area contributed by atoms with E-state index in [1.165, 1.54) is 16.7 Å². The van der Waals surface area contributed by atoms with Crippen LogP contribution in [0.1, 0.15) is 49.3 Å². The molecule has 1 fully saturated rings. The smallest absolute Gasteiger partial charge is 0.0486 e. The van der Waals surface area contributed by atoms with Crippen LogP contribution in [0.2, 0.25) is 5.02 Å². The van der Waals surface area contributed by atoms with Gasteiger partial charge in [-0.25, -0.2) is 0 Å². The maximum Gasteiger partial charge on any atom is 0.0486 e. The van der Waals surface area contributed by atoms with E-state index >= 15 is 0 Å². The third-order valence-electron chi connectivity index (χ3n) is 5.02. The highest BCUT2D eigenvalue weighted by molar-refractivity contribution is 6.30. The molecule has 0 spiro atoms. The maximum atomic E-state index is 6.06. The van der Waals surface area contributed by atoms with E-state index < -0.39 is 0 Å². The third-order valence-corrected chi connectivity index (χ3v) is 5.27. The van der Waals surface area contributed by atoms with Crippen LogP contribution in [0.15, 0.2) is 48.5 Å². The minimum absolute atomic E-state index is 0.0282. The van der Waals surface area contributed by atoms with E-state index in [-0.39, 0.29) is 5.54 Å². The number of rotatable bonds is 5. The number of halogens is 1. The van der Waals surface area contributed by atoms with Crippen molar-refractivity contribution in [2.45, 2.75) is 44.7 Å². The Morgan fingerprint density at radius 2 is 1.62 bits per heavy atom. The maximum absolute atomic E-state index is 6.06. The van der Waals surface area contributed by atoms with Gasteiger partial charge in [0.1, 0.15) is 0 Å². The Balaban J connectivity index is 1.76. The SMILES string of the molecule is CC(C)c1ccc(CNC2(c3ccc(Cl)cc3)CCOCC2)cc1. The summed E-state index contributed by atoms with van der Waals surface area (Å²) in [6.45, 7) is 6.90. The molecular formula is C21H26ClNO. The fraction of sp³-hybridized carbons (Fsp3) is 0.429. The predicted molar refractivity (Wildman–Crippen MR) is 101 cm³/mol. The lowest BCUT2D eigenvalue weighted by Gasteiger charge is -2.39. The summed E-state index contributed by atoms with van der Waals surface area (Å²) >= 11 is 6.06. The molecular weight excluding hydrogens is 318 g/mol. The van der Waals surface area contributed by atoms with E-state index in [2.05, 4.69) is 55.6 Å². The molecule has 0 aliphatic carbocycles. The zero-order valence-electron chi connectivity index (χ0n) is 14.5. The summed E-state index contributed by atoms with van der Waals surface area (Å²) in [7, 11) is 0. The van der Waals surface area contributed by atoms with E-state index in [9.17, 15) is 0 Å². The van der Waals surface area contributed by atoms with Crippen LogP contribution in [0, 0.1) is 0 Å². The normalized spacial score (nSPS) is 17.2. The van der Waals surface area contributed by atoms with Gasteiger partial charge in [0.05, 0.1) is 0 Å². The molecule has 3 heteroatoms. The Morgan fingerprint density at radius 3 is 2.21 bits per heavy atom. The molecule has 0 atom stereocenters. The molecule has 0 aromatic heterocycles. The molecule has 24 heavy (non-hydrogen) atoms. The van der Waals surface area contributed by atoms with E-state index in [0.717, 1.165) is 37.6 Å². The van der Waals surface area contributed by atoms with Crippen molar-refractivity contribution < 1.29 is 4.74 Å². The molecule has 128 valence electrons. The van der Waals surface area contributed by atoms with Crippen molar-refractivity contribution in [3.8, 4) is 0 Å². The van der Waals surface area contributed by atoms with Crippen molar-refractivity contribution in [1.29, 1.82) is 0 Å². The molecule has 1 saturated heterocycles. The summed E-state index contributed by atoms with van der Waals surface area (Å²) < 4.78 is 5.60. The fourth-order valence-electron chi connectivity index (χ4n) is 3.35. The number of hydrogen-bond donors (Lipinski definition) is 1. The number of benzene rings is 2. The van der Waals surface area contributed by atoms with Gasteiger partial charge in [0.25, 0.3) is 0 Å². The van der Waals surface area contributed by atoms with Gasteiger partial charge in [-0.15, -0.1) is 0 Å². The minimum Gasteiger partial charge on any atom is -0.381 e. The molecule has 2 nitrogen and oxygen atoms in total. The third kappa shape index (κ3) is 4.00. The van der Waals surface area contributed by atoms with Crippen LogP contribution in [0.4, 0.5) is 0 Å². The summed E-state index contributed by atoms with van der Waals surface area (Å²) in [6, 6.07) is 17.2. The Labute approximate surface area is 150 Å². The first-order valence-electron chi connectivity index (χ1n) is 8.77. The molecule has 1 N–H and O–H groups in total. The second kappa shape index (κ2) is 7.69. The Bertz CT molecular complexity index is 643. The lowest BCUT2D eigenvalue weighted by atomic mass is 9.82. The topological polar surface area (TPSA) is 21.3 Å².